The van der Waals surface area contributed by atoms with Crippen molar-refractivity contribution >= 4 is 11.6 Å². The quantitative estimate of drug-likeness (QED) is 0.547. The van der Waals surface area contributed by atoms with Crippen LogP contribution in [-0.2, 0) is 4.74 Å². The first-order chi connectivity index (χ1) is 14.1. The molecule has 2 aromatic rings. The molecule has 7 nitrogen and oxygen atoms in total. The van der Waals surface area contributed by atoms with Gasteiger partial charge in [-0.3, -0.25) is 4.79 Å². The molecule has 1 aliphatic heterocycles. The van der Waals surface area contributed by atoms with Gasteiger partial charge in [-0.05, 0) is 25.1 Å². The largest absolute Gasteiger partial charge is 0.493 e. The van der Waals surface area contributed by atoms with E-state index in [0.717, 1.165) is 32.0 Å². The minimum absolute atomic E-state index is 0.0609. The fourth-order valence-electron chi connectivity index (χ4n) is 3.59. The average Bonchev–Trinajstić information content (AvgIpc) is 2.78. The van der Waals surface area contributed by atoms with E-state index in [1.54, 1.807) is 25.3 Å². The van der Waals surface area contributed by atoms with Crippen LogP contribution in [0.1, 0.15) is 28.9 Å². The van der Waals surface area contributed by atoms with E-state index < -0.39 is 0 Å². The van der Waals surface area contributed by atoms with E-state index in [4.69, 9.17) is 14.2 Å². The van der Waals surface area contributed by atoms with E-state index >= 15 is 0 Å². The van der Waals surface area contributed by atoms with E-state index in [2.05, 4.69) is 22.7 Å². The summed E-state index contributed by atoms with van der Waals surface area (Å²) in [5.41, 5.74) is 5.16. The number of ether oxygens (including phenoxy) is 3. The minimum Gasteiger partial charge on any atom is -0.493 e. The van der Waals surface area contributed by atoms with Crippen LogP contribution < -0.4 is 19.8 Å². The summed E-state index contributed by atoms with van der Waals surface area (Å²) in [5, 5.41) is 4.43. The van der Waals surface area contributed by atoms with Crippen molar-refractivity contribution in [3.05, 3.63) is 59.7 Å². The summed E-state index contributed by atoms with van der Waals surface area (Å²) in [5.74, 6) is 0.777. The first-order valence-corrected chi connectivity index (χ1v) is 9.68. The summed E-state index contributed by atoms with van der Waals surface area (Å²) in [6, 6.07) is 15.3. The third-order valence-electron chi connectivity index (χ3n) is 5.07. The van der Waals surface area contributed by atoms with Crippen molar-refractivity contribution in [3.63, 3.8) is 0 Å². The van der Waals surface area contributed by atoms with Crippen molar-refractivity contribution in [1.82, 2.24) is 5.43 Å². The minimum atomic E-state index is -0.297. The van der Waals surface area contributed by atoms with Crippen molar-refractivity contribution < 1.29 is 23.9 Å². The normalized spacial score (nSPS) is 16.2. The van der Waals surface area contributed by atoms with E-state index in [0.29, 0.717) is 17.1 Å². The number of nitrogens with one attached hydrogen (secondary N) is 2. The Morgan fingerprint density at radius 1 is 1.07 bits per heavy atom. The molecule has 2 aromatic carbocycles. The van der Waals surface area contributed by atoms with Gasteiger partial charge in [0.05, 0.1) is 33.1 Å². The second-order valence-electron chi connectivity index (χ2n) is 6.88. The number of morpholine rings is 1. The maximum atomic E-state index is 12.6. The molecule has 0 bridgehead atoms. The highest BCUT2D eigenvalue weighted by Gasteiger charge is 2.29. The monoisotopic (exact) mass is 398 g/mol. The number of carbonyl (C=O) groups is 1. The van der Waals surface area contributed by atoms with Crippen LogP contribution in [0, 0.1) is 0 Å². The highest BCUT2D eigenvalue weighted by Crippen LogP contribution is 2.27. The highest BCUT2D eigenvalue weighted by atomic mass is 16.5. The maximum Gasteiger partial charge on any atom is 0.271 e. The van der Waals surface area contributed by atoms with Crippen molar-refractivity contribution in [3.8, 4) is 11.5 Å². The molecule has 1 fully saturated rings. The summed E-state index contributed by atoms with van der Waals surface area (Å²) >= 11 is 0. The SMILES string of the molecule is COc1ccc(C(=O)N/N=C(/C)[C@H](c2ccccc2)[NH+]2CCOCC2)cc1OC. The van der Waals surface area contributed by atoms with Crippen LogP contribution in [0.2, 0.25) is 0 Å². The highest BCUT2D eigenvalue weighted by molar-refractivity contribution is 5.96. The Morgan fingerprint density at radius 2 is 1.76 bits per heavy atom. The molecule has 1 amide bonds. The lowest BCUT2D eigenvalue weighted by molar-refractivity contribution is -0.928. The summed E-state index contributed by atoms with van der Waals surface area (Å²) < 4.78 is 16.0. The van der Waals surface area contributed by atoms with Gasteiger partial charge in [-0.15, -0.1) is 0 Å². The van der Waals surface area contributed by atoms with Gasteiger partial charge in [-0.25, -0.2) is 5.43 Å². The molecule has 0 spiro atoms. The Balaban J connectivity index is 1.79. The zero-order valence-corrected chi connectivity index (χ0v) is 17.1. The van der Waals surface area contributed by atoms with Gasteiger partial charge < -0.3 is 19.1 Å². The summed E-state index contributed by atoms with van der Waals surface area (Å²) in [6.07, 6.45) is 0. The molecular formula is C22H28N3O4+. The Kier molecular flexibility index (Phi) is 7.21. The molecule has 7 heteroatoms. The van der Waals surface area contributed by atoms with Crippen LogP contribution in [0.5, 0.6) is 11.5 Å². The van der Waals surface area contributed by atoms with Crippen molar-refractivity contribution in [2.75, 3.05) is 40.5 Å². The topological polar surface area (TPSA) is 73.6 Å². The molecule has 1 aliphatic rings. The molecule has 0 aliphatic carbocycles. The molecule has 154 valence electrons. The predicted octanol–water partition coefficient (Wildman–Crippen LogP) is 1.47. The third-order valence-corrected chi connectivity index (χ3v) is 5.07. The zero-order chi connectivity index (χ0) is 20.6. The van der Waals surface area contributed by atoms with Crippen LogP contribution in [0.25, 0.3) is 0 Å². The zero-order valence-electron chi connectivity index (χ0n) is 17.1. The van der Waals surface area contributed by atoms with Gasteiger partial charge in [0.2, 0.25) is 0 Å². The second kappa shape index (κ2) is 10.0. The molecule has 0 unspecified atom stereocenters. The summed E-state index contributed by atoms with van der Waals surface area (Å²) in [4.78, 5) is 14.0. The van der Waals surface area contributed by atoms with Gasteiger partial charge in [-0.2, -0.15) is 5.10 Å². The van der Waals surface area contributed by atoms with Gasteiger partial charge in [-0.1, -0.05) is 30.3 Å². The number of hydrogen-bond donors (Lipinski definition) is 2. The summed E-state index contributed by atoms with van der Waals surface area (Å²) in [6.45, 7) is 5.20. The van der Waals surface area contributed by atoms with E-state index in [1.807, 2.05) is 25.1 Å². The fourth-order valence-corrected chi connectivity index (χ4v) is 3.59. The van der Waals surface area contributed by atoms with Crippen LogP contribution in [0.3, 0.4) is 0 Å². The van der Waals surface area contributed by atoms with E-state index in [-0.39, 0.29) is 11.9 Å². The molecular weight excluding hydrogens is 370 g/mol. The lowest BCUT2D eigenvalue weighted by Gasteiger charge is -2.31. The molecule has 2 N–H and O–H groups in total. The van der Waals surface area contributed by atoms with Crippen molar-refractivity contribution in [2.24, 2.45) is 5.10 Å². The fraction of sp³-hybridized carbons (Fsp3) is 0.364. The average molecular weight is 398 g/mol. The van der Waals surface area contributed by atoms with Gasteiger partial charge in [0.15, 0.2) is 17.5 Å². The number of hydrazone groups is 1. The molecule has 1 saturated heterocycles. The van der Waals surface area contributed by atoms with Gasteiger partial charge >= 0.3 is 0 Å². The number of hydrogen-bond acceptors (Lipinski definition) is 5. The second-order valence-corrected chi connectivity index (χ2v) is 6.88. The third kappa shape index (κ3) is 5.13. The Labute approximate surface area is 171 Å². The molecule has 1 atom stereocenters. The van der Waals surface area contributed by atoms with E-state index in [9.17, 15) is 4.79 Å². The number of benzene rings is 2. The molecule has 3 rings (SSSR count). The van der Waals surface area contributed by atoms with Crippen LogP contribution in [0.15, 0.2) is 53.6 Å². The van der Waals surface area contributed by atoms with E-state index in [1.165, 1.54) is 17.6 Å². The number of quaternary nitrogens is 1. The lowest BCUT2D eigenvalue weighted by atomic mass is 10.0. The number of amides is 1. The Hall–Kier alpha value is -2.90. The van der Waals surface area contributed by atoms with Crippen LogP contribution >= 0.6 is 0 Å². The van der Waals surface area contributed by atoms with Gasteiger partial charge in [0, 0.05) is 11.1 Å². The first kappa shape index (κ1) is 20.8. The van der Waals surface area contributed by atoms with Gasteiger partial charge in [0.1, 0.15) is 13.1 Å². The van der Waals surface area contributed by atoms with Crippen LogP contribution in [-0.4, -0.2) is 52.1 Å². The molecule has 1 heterocycles. The molecule has 0 radical (unpaired) electrons. The molecule has 0 aromatic heterocycles. The molecule has 0 saturated carbocycles. The number of carbonyl (C=O) groups excluding carboxylic acids is 1. The predicted molar refractivity (Wildman–Crippen MR) is 111 cm³/mol. The lowest BCUT2D eigenvalue weighted by Crippen LogP contribution is -3.15. The summed E-state index contributed by atoms with van der Waals surface area (Å²) in [7, 11) is 3.10. The number of nitrogens with zero attached hydrogens (tertiary/aromatic N) is 1. The van der Waals surface area contributed by atoms with Crippen LogP contribution in [0.4, 0.5) is 0 Å². The Morgan fingerprint density at radius 3 is 2.41 bits per heavy atom. The van der Waals surface area contributed by atoms with Crippen molar-refractivity contribution in [1.29, 1.82) is 0 Å². The number of methoxy groups -OCH3 is 2. The first-order valence-electron chi connectivity index (χ1n) is 9.68. The van der Waals surface area contributed by atoms with Gasteiger partial charge in [0.25, 0.3) is 5.91 Å². The van der Waals surface area contributed by atoms with Crippen molar-refractivity contribution in [2.45, 2.75) is 13.0 Å². The standard InChI is InChI=1S/C22H27N3O4/c1-16(21(17-7-5-4-6-8-17)25-11-13-29-14-12-25)23-24-22(26)18-9-10-19(27-2)20(15-18)28-3/h4-10,15,21H,11-14H2,1-3H3,(H,24,26)/p+1/b23-16-/t21-/m1/s1. The Bertz CT molecular complexity index is 848. The maximum absolute atomic E-state index is 12.6. The molecule has 29 heavy (non-hydrogen) atoms. The smallest absolute Gasteiger partial charge is 0.271 e. The number of rotatable bonds is 7.